The van der Waals surface area contributed by atoms with Gasteiger partial charge in [-0.05, 0) is 24.0 Å². The number of rotatable bonds is 2. The fourth-order valence-electron chi connectivity index (χ4n) is 1.74. The van der Waals surface area contributed by atoms with Crippen molar-refractivity contribution in [2.45, 2.75) is 26.7 Å². The van der Waals surface area contributed by atoms with E-state index in [9.17, 15) is 4.79 Å². The molecule has 0 radical (unpaired) electrons. The van der Waals surface area contributed by atoms with E-state index >= 15 is 0 Å². The first-order chi connectivity index (χ1) is 6.15. The minimum Gasteiger partial charge on any atom is -0.342 e. The molecule has 1 rings (SSSR count). The van der Waals surface area contributed by atoms with Gasteiger partial charge in [-0.3, -0.25) is 4.79 Å². The molecule has 1 aliphatic rings. The molecule has 76 valence electrons. The highest BCUT2D eigenvalue weighted by Gasteiger charge is 2.24. The summed E-state index contributed by atoms with van der Waals surface area (Å²) >= 11 is 4.07. The molecule has 0 aromatic heterocycles. The van der Waals surface area contributed by atoms with E-state index in [-0.39, 0.29) is 5.91 Å². The van der Waals surface area contributed by atoms with Crippen LogP contribution in [-0.4, -0.2) is 29.6 Å². The maximum atomic E-state index is 11.5. The number of likely N-dealkylation sites (tertiary alicyclic amines) is 1. The van der Waals surface area contributed by atoms with Crippen molar-refractivity contribution >= 4 is 18.5 Å². The summed E-state index contributed by atoms with van der Waals surface area (Å²) < 4.78 is 0. The lowest BCUT2D eigenvalue weighted by molar-refractivity contribution is -0.133. The highest BCUT2D eigenvalue weighted by molar-refractivity contribution is 7.80. The second-order valence-corrected chi connectivity index (χ2v) is 4.50. The molecular weight excluding hydrogens is 182 g/mol. The van der Waals surface area contributed by atoms with E-state index in [0.717, 1.165) is 25.4 Å². The van der Waals surface area contributed by atoms with Crippen molar-refractivity contribution < 1.29 is 4.79 Å². The summed E-state index contributed by atoms with van der Waals surface area (Å²) in [6.07, 6.45) is 1.74. The monoisotopic (exact) mass is 201 g/mol. The van der Waals surface area contributed by atoms with Gasteiger partial charge < -0.3 is 4.90 Å². The number of carbonyl (C=O) groups is 1. The first-order valence-corrected chi connectivity index (χ1v) is 5.67. The third kappa shape index (κ3) is 2.90. The average Bonchev–Trinajstić information content (AvgIpc) is 2.10. The maximum absolute atomic E-state index is 11.5. The maximum Gasteiger partial charge on any atom is 0.223 e. The van der Waals surface area contributed by atoms with E-state index in [0.29, 0.717) is 18.1 Å². The number of thiol groups is 1. The molecule has 0 saturated carbocycles. The summed E-state index contributed by atoms with van der Waals surface area (Å²) in [4.78, 5) is 13.5. The number of piperidine rings is 1. The van der Waals surface area contributed by atoms with Gasteiger partial charge in [0.1, 0.15) is 0 Å². The number of nitrogens with zero attached hydrogens (tertiary/aromatic N) is 1. The van der Waals surface area contributed by atoms with E-state index in [2.05, 4.69) is 26.5 Å². The topological polar surface area (TPSA) is 20.3 Å². The molecule has 0 aromatic rings. The predicted molar refractivity (Wildman–Crippen MR) is 58.0 cm³/mol. The Balaban J connectivity index is 2.40. The fourth-order valence-corrected chi connectivity index (χ4v) is 1.93. The SMILES string of the molecule is CC1CCN(C(=O)CCS)CC1C. The summed E-state index contributed by atoms with van der Waals surface area (Å²) in [5.74, 6) is 2.35. The van der Waals surface area contributed by atoms with Gasteiger partial charge in [0.2, 0.25) is 5.91 Å². The fraction of sp³-hybridized carbons (Fsp3) is 0.900. The van der Waals surface area contributed by atoms with Crippen molar-refractivity contribution in [3.8, 4) is 0 Å². The second-order valence-electron chi connectivity index (χ2n) is 4.06. The van der Waals surface area contributed by atoms with Crippen LogP contribution < -0.4 is 0 Å². The summed E-state index contributed by atoms with van der Waals surface area (Å²) in [6, 6.07) is 0. The van der Waals surface area contributed by atoms with Crippen LogP contribution in [-0.2, 0) is 4.79 Å². The van der Waals surface area contributed by atoms with E-state index in [1.165, 1.54) is 0 Å². The molecule has 2 unspecified atom stereocenters. The molecule has 0 aromatic carbocycles. The van der Waals surface area contributed by atoms with Gasteiger partial charge in [0.25, 0.3) is 0 Å². The van der Waals surface area contributed by atoms with Crippen molar-refractivity contribution in [2.75, 3.05) is 18.8 Å². The zero-order valence-electron chi connectivity index (χ0n) is 8.49. The largest absolute Gasteiger partial charge is 0.342 e. The minimum atomic E-state index is 0.272. The van der Waals surface area contributed by atoms with Crippen molar-refractivity contribution in [1.82, 2.24) is 4.90 Å². The minimum absolute atomic E-state index is 0.272. The molecule has 1 heterocycles. The lowest BCUT2D eigenvalue weighted by Crippen LogP contribution is -2.42. The van der Waals surface area contributed by atoms with E-state index in [1.807, 2.05) is 4.90 Å². The van der Waals surface area contributed by atoms with Crippen molar-refractivity contribution in [3.05, 3.63) is 0 Å². The molecule has 13 heavy (non-hydrogen) atoms. The van der Waals surface area contributed by atoms with Crippen molar-refractivity contribution in [1.29, 1.82) is 0 Å². The Morgan fingerprint density at radius 2 is 2.15 bits per heavy atom. The van der Waals surface area contributed by atoms with Gasteiger partial charge in [0, 0.05) is 19.5 Å². The van der Waals surface area contributed by atoms with E-state index in [4.69, 9.17) is 0 Å². The van der Waals surface area contributed by atoms with Crippen LogP contribution in [0.4, 0.5) is 0 Å². The van der Waals surface area contributed by atoms with Crippen LogP contribution in [0.5, 0.6) is 0 Å². The van der Waals surface area contributed by atoms with Gasteiger partial charge in [-0.15, -0.1) is 0 Å². The number of carbonyl (C=O) groups excluding carboxylic acids is 1. The first kappa shape index (κ1) is 10.9. The molecule has 0 N–H and O–H groups in total. The van der Waals surface area contributed by atoms with Gasteiger partial charge in [-0.25, -0.2) is 0 Å². The van der Waals surface area contributed by atoms with E-state index in [1.54, 1.807) is 0 Å². The van der Waals surface area contributed by atoms with Gasteiger partial charge in [0.05, 0.1) is 0 Å². The summed E-state index contributed by atoms with van der Waals surface area (Å²) in [5.41, 5.74) is 0. The van der Waals surface area contributed by atoms with Gasteiger partial charge in [-0.1, -0.05) is 13.8 Å². The Morgan fingerprint density at radius 1 is 1.46 bits per heavy atom. The summed E-state index contributed by atoms with van der Waals surface area (Å²) in [6.45, 7) is 6.38. The molecule has 1 amide bonds. The summed E-state index contributed by atoms with van der Waals surface area (Å²) in [5, 5.41) is 0. The lowest BCUT2D eigenvalue weighted by atomic mass is 9.88. The third-order valence-corrected chi connectivity index (χ3v) is 3.24. The zero-order chi connectivity index (χ0) is 9.84. The Bertz CT molecular complexity index is 184. The van der Waals surface area contributed by atoms with Crippen LogP contribution in [0.2, 0.25) is 0 Å². The smallest absolute Gasteiger partial charge is 0.223 e. The molecule has 3 heteroatoms. The highest BCUT2D eigenvalue weighted by atomic mass is 32.1. The van der Waals surface area contributed by atoms with Crippen LogP contribution in [0.3, 0.4) is 0 Å². The van der Waals surface area contributed by atoms with Gasteiger partial charge in [0.15, 0.2) is 0 Å². The first-order valence-electron chi connectivity index (χ1n) is 5.03. The van der Waals surface area contributed by atoms with Crippen LogP contribution in [0, 0.1) is 11.8 Å². The van der Waals surface area contributed by atoms with Gasteiger partial charge >= 0.3 is 0 Å². The van der Waals surface area contributed by atoms with Crippen LogP contribution in [0.1, 0.15) is 26.7 Å². The molecule has 2 atom stereocenters. The Labute approximate surface area is 86.1 Å². The van der Waals surface area contributed by atoms with Crippen molar-refractivity contribution in [3.63, 3.8) is 0 Å². The Hall–Kier alpha value is -0.180. The molecule has 2 nitrogen and oxygen atoms in total. The Kier molecular flexibility index (Phi) is 4.10. The number of hydrogen-bond acceptors (Lipinski definition) is 2. The highest BCUT2D eigenvalue weighted by Crippen LogP contribution is 2.22. The second kappa shape index (κ2) is 4.89. The predicted octanol–water partition coefficient (Wildman–Crippen LogP) is 1.81. The zero-order valence-corrected chi connectivity index (χ0v) is 9.39. The van der Waals surface area contributed by atoms with E-state index < -0.39 is 0 Å². The van der Waals surface area contributed by atoms with Crippen LogP contribution in [0.15, 0.2) is 0 Å². The third-order valence-electron chi connectivity index (χ3n) is 3.01. The summed E-state index contributed by atoms with van der Waals surface area (Å²) in [7, 11) is 0. The Morgan fingerprint density at radius 3 is 2.69 bits per heavy atom. The average molecular weight is 201 g/mol. The van der Waals surface area contributed by atoms with Crippen LogP contribution >= 0.6 is 12.6 Å². The number of hydrogen-bond donors (Lipinski definition) is 1. The molecule has 0 bridgehead atoms. The molecule has 1 fully saturated rings. The molecular formula is C10H19NOS. The molecule has 1 saturated heterocycles. The lowest BCUT2D eigenvalue weighted by Gasteiger charge is -2.35. The van der Waals surface area contributed by atoms with Crippen molar-refractivity contribution in [2.24, 2.45) is 11.8 Å². The number of amides is 1. The molecule has 1 aliphatic heterocycles. The standard InChI is InChI=1S/C10H19NOS/c1-8-3-5-11(7-9(8)2)10(12)4-6-13/h8-9,13H,3-7H2,1-2H3. The normalized spacial score (nSPS) is 29.0. The molecule has 0 aliphatic carbocycles. The molecule has 0 spiro atoms. The quantitative estimate of drug-likeness (QED) is 0.676. The van der Waals surface area contributed by atoms with Gasteiger partial charge in [-0.2, -0.15) is 12.6 Å². The van der Waals surface area contributed by atoms with Crippen LogP contribution in [0.25, 0.3) is 0 Å².